The second-order valence-corrected chi connectivity index (χ2v) is 6.27. The van der Waals surface area contributed by atoms with E-state index in [0.29, 0.717) is 18.4 Å². The minimum Gasteiger partial charge on any atom is -0.340 e. The van der Waals surface area contributed by atoms with E-state index in [9.17, 15) is 4.79 Å². The Morgan fingerprint density at radius 1 is 1.28 bits per heavy atom. The Labute approximate surface area is 111 Å². The summed E-state index contributed by atoms with van der Waals surface area (Å²) >= 11 is 0. The van der Waals surface area contributed by atoms with Crippen LogP contribution in [0.25, 0.3) is 0 Å². The van der Waals surface area contributed by atoms with Gasteiger partial charge in [0.15, 0.2) is 0 Å². The summed E-state index contributed by atoms with van der Waals surface area (Å²) in [5.41, 5.74) is 6.15. The first-order valence-corrected chi connectivity index (χ1v) is 7.73. The van der Waals surface area contributed by atoms with E-state index in [1.807, 2.05) is 0 Å². The highest BCUT2D eigenvalue weighted by atomic mass is 16.2. The van der Waals surface area contributed by atoms with Gasteiger partial charge in [-0.2, -0.15) is 0 Å². The van der Waals surface area contributed by atoms with E-state index in [1.165, 1.54) is 38.5 Å². The standard InChI is InChI=1S/C15H28N2O/c1-2-7-13-8-3-6-11-17(13)14(18)12-15(16)9-4-5-10-15/h13H,2-12,16H2,1H3. The number of hydrogen-bond acceptors (Lipinski definition) is 2. The van der Waals surface area contributed by atoms with Gasteiger partial charge >= 0.3 is 0 Å². The maximum Gasteiger partial charge on any atom is 0.224 e. The van der Waals surface area contributed by atoms with Gasteiger partial charge in [-0.1, -0.05) is 26.2 Å². The largest absolute Gasteiger partial charge is 0.340 e. The lowest BCUT2D eigenvalue weighted by Gasteiger charge is -2.37. The predicted molar refractivity (Wildman–Crippen MR) is 74.3 cm³/mol. The molecule has 0 radical (unpaired) electrons. The Balaban J connectivity index is 1.93. The molecule has 2 rings (SSSR count). The number of amides is 1. The number of piperidine rings is 1. The summed E-state index contributed by atoms with van der Waals surface area (Å²) in [7, 11) is 0. The van der Waals surface area contributed by atoms with Gasteiger partial charge < -0.3 is 10.6 Å². The van der Waals surface area contributed by atoms with Gasteiger partial charge in [0.1, 0.15) is 0 Å². The molecule has 1 atom stereocenters. The van der Waals surface area contributed by atoms with Crippen LogP contribution in [-0.2, 0) is 4.79 Å². The third-order valence-electron chi connectivity index (χ3n) is 4.67. The average molecular weight is 252 g/mol. The van der Waals surface area contributed by atoms with Crippen molar-refractivity contribution in [3.63, 3.8) is 0 Å². The zero-order valence-corrected chi connectivity index (χ0v) is 11.8. The van der Waals surface area contributed by atoms with E-state index in [-0.39, 0.29) is 5.54 Å². The molecule has 3 heteroatoms. The molecule has 0 aromatic heterocycles. The topological polar surface area (TPSA) is 46.3 Å². The molecule has 1 amide bonds. The Morgan fingerprint density at radius 2 is 2.00 bits per heavy atom. The summed E-state index contributed by atoms with van der Waals surface area (Å²) in [6, 6.07) is 0.487. The summed E-state index contributed by atoms with van der Waals surface area (Å²) in [4.78, 5) is 14.6. The first-order valence-electron chi connectivity index (χ1n) is 7.73. The first kappa shape index (κ1) is 13.9. The molecule has 0 bridgehead atoms. The van der Waals surface area contributed by atoms with Crippen LogP contribution in [0.2, 0.25) is 0 Å². The Morgan fingerprint density at radius 3 is 2.67 bits per heavy atom. The maximum atomic E-state index is 12.5. The lowest BCUT2D eigenvalue weighted by atomic mass is 9.91. The SMILES string of the molecule is CCCC1CCCCN1C(=O)CC1(N)CCCC1. The number of hydrogen-bond donors (Lipinski definition) is 1. The molecule has 104 valence electrons. The van der Waals surface area contributed by atoms with Gasteiger partial charge in [-0.25, -0.2) is 0 Å². The molecule has 1 saturated heterocycles. The number of nitrogens with two attached hydrogens (primary N) is 1. The van der Waals surface area contributed by atoms with Crippen molar-refractivity contribution in [2.45, 2.75) is 82.7 Å². The summed E-state index contributed by atoms with van der Waals surface area (Å²) < 4.78 is 0. The molecule has 1 unspecified atom stereocenters. The number of carbonyl (C=O) groups excluding carboxylic acids is 1. The predicted octanol–water partition coefficient (Wildman–Crippen LogP) is 2.83. The van der Waals surface area contributed by atoms with Gasteiger partial charge in [0.2, 0.25) is 5.91 Å². The summed E-state index contributed by atoms with van der Waals surface area (Å²) in [5.74, 6) is 0.317. The molecule has 1 aliphatic carbocycles. The van der Waals surface area contributed by atoms with Gasteiger partial charge in [-0.3, -0.25) is 4.79 Å². The second-order valence-electron chi connectivity index (χ2n) is 6.27. The lowest BCUT2D eigenvalue weighted by molar-refractivity contribution is -0.136. The number of carbonyl (C=O) groups is 1. The van der Waals surface area contributed by atoms with Crippen LogP contribution in [0.4, 0.5) is 0 Å². The first-order chi connectivity index (χ1) is 8.64. The molecule has 0 aromatic rings. The van der Waals surface area contributed by atoms with E-state index < -0.39 is 0 Å². The molecule has 18 heavy (non-hydrogen) atoms. The van der Waals surface area contributed by atoms with Crippen LogP contribution >= 0.6 is 0 Å². The summed E-state index contributed by atoms with van der Waals surface area (Å²) in [6.45, 7) is 3.16. The van der Waals surface area contributed by atoms with Crippen LogP contribution in [0.1, 0.15) is 71.1 Å². The van der Waals surface area contributed by atoms with E-state index in [4.69, 9.17) is 5.73 Å². The van der Waals surface area contributed by atoms with Gasteiger partial charge in [0, 0.05) is 24.5 Å². The Kier molecular flexibility index (Phi) is 4.66. The Hall–Kier alpha value is -0.570. The molecule has 2 N–H and O–H groups in total. The van der Waals surface area contributed by atoms with Crippen LogP contribution in [0, 0.1) is 0 Å². The van der Waals surface area contributed by atoms with Crippen LogP contribution < -0.4 is 5.73 Å². The molecule has 2 aliphatic rings. The number of rotatable bonds is 4. The zero-order chi connectivity index (χ0) is 13.0. The number of nitrogens with zero attached hydrogens (tertiary/aromatic N) is 1. The monoisotopic (exact) mass is 252 g/mol. The van der Waals surface area contributed by atoms with E-state index in [2.05, 4.69) is 11.8 Å². The van der Waals surface area contributed by atoms with Crippen molar-refractivity contribution in [2.24, 2.45) is 5.73 Å². The quantitative estimate of drug-likeness (QED) is 0.836. The van der Waals surface area contributed by atoms with Crippen molar-refractivity contribution in [3.05, 3.63) is 0 Å². The molecule has 0 aromatic carbocycles. The number of likely N-dealkylation sites (tertiary alicyclic amines) is 1. The average Bonchev–Trinajstić information content (AvgIpc) is 2.77. The van der Waals surface area contributed by atoms with Gasteiger partial charge in [-0.05, 0) is 38.5 Å². The van der Waals surface area contributed by atoms with Crippen molar-refractivity contribution < 1.29 is 4.79 Å². The molecule has 0 spiro atoms. The fraction of sp³-hybridized carbons (Fsp3) is 0.933. The molecule has 1 heterocycles. The third-order valence-corrected chi connectivity index (χ3v) is 4.67. The van der Waals surface area contributed by atoms with Crippen molar-refractivity contribution in [2.75, 3.05) is 6.54 Å². The summed E-state index contributed by atoms with van der Waals surface area (Å²) in [5, 5.41) is 0. The van der Waals surface area contributed by atoms with E-state index >= 15 is 0 Å². The molecule has 1 saturated carbocycles. The van der Waals surface area contributed by atoms with E-state index in [1.54, 1.807) is 0 Å². The minimum atomic E-state index is -0.189. The second kappa shape index (κ2) is 6.05. The third kappa shape index (κ3) is 3.25. The van der Waals surface area contributed by atoms with Crippen molar-refractivity contribution in [3.8, 4) is 0 Å². The molecule has 2 fully saturated rings. The van der Waals surface area contributed by atoms with Crippen LogP contribution in [0.3, 0.4) is 0 Å². The molecule has 1 aliphatic heterocycles. The van der Waals surface area contributed by atoms with Crippen LogP contribution in [0.15, 0.2) is 0 Å². The fourth-order valence-electron chi connectivity index (χ4n) is 3.62. The fourth-order valence-corrected chi connectivity index (χ4v) is 3.62. The van der Waals surface area contributed by atoms with Crippen LogP contribution in [0.5, 0.6) is 0 Å². The van der Waals surface area contributed by atoms with Crippen molar-refractivity contribution >= 4 is 5.91 Å². The Bertz CT molecular complexity index is 282. The molecule has 3 nitrogen and oxygen atoms in total. The minimum absolute atomic E-state index is 0.189. The highest BCUT2D eigenvalue weighted by Crippen LogP contribution is 2.32. The molecular weight excluding hydrogens is 224 g/mol. The lowest BCUT2D eigenvalue weighted by Crippen LogP contribution is -2.48. The maximum absolute atomic E-state index is 12.5. The van der Waals surface area contributed by atoms with Gasteiger partial charge in [0.05, 0.1) is 0 Å². The van der Waals surface area contributed by atoms with Gasteiger partial charge in [0.25, 0.3) is 0 Å². The normalized spacial score (nSPS) is 27.4. The highest BCUT2D eigenvalue weighted by molar-refractivity contribution is 5.78. The van der Waals surface area contributed by atoms with Crippen molar-refractivity contribution in [1.29, 1.82) is 0 Å². The van der Waals surface area contributed by atoms with Crippen molar-refractivity contribution in [1.82, 2.24) is 4.90 Å². The summed E-state index contributed by atoms with van der Waals surface area (Å²) in [6.07, 6.45) is 11.0. The van der Waals surface area contributed by atoms with Crippen LogP contribution in [-0.4, -0.2) is 28.9 Å². The smallest absolute Gasteiger partial charge is 0.224 e. The van der Waals surface area contributed by atoms with E-state index in [0.717, 1.165) is 25.8 Å². The van der Waals surface area contributed by atoms with Gasteiger partial charge in [-0.15, -0.1) is 0 Å². The highest BCUT2D eigenvalue weighted by Gasteiger charge is 2.35. The zero-order valence-electron chi connectivity index (χ0n) is 11.8. The molecular formula is C15H28N2O.